The number of aromatic nitrogens is 6. The first-order valence-corrected chi connectivity index (χ1v) is 8.31. The number of nitrogens with two attached hydrogens (primary N) is 1. The minimum atomic E-state index is -4.04. The van der Waals surface area contributed by atoms with Crippen LogP contribution in [0.4, 0.5) is 0 Å². The molecule has 11 nitrogen and oxygen atoms in total. The van der Waals surface area contributed by atoms with Crippen LogP contribution in [0.25, 0.3) is 17.2 Å². The van der Waals surface area contributed by atoms with Crippen LogP contribution in [0.1, 0.15) is 17.3 Å². The molecule has 0 saturated heterocycles. The Morgan fingerprint density at radius 2 is 2.12 bits per heavy atom. The Labute approximate surface area is 136 Å². The lowest BCUT2D eigenvalue weighted by atomic mass is 10.2. The summed E-state index contributed by atoms with van der Waals surface area (Å²) in [6.45, 7) is 1.92. The maximum absolute atomic E-state index is 12.0. The van der Waals surface area contributed by atoms with Gasteiger partial charge in [-0.15, -0.1) is 5.10 Å². The van der Waals surface area contributed by atoms with Gasteiger partial charge < -0.3 is 4.74 Å². The minimum absolute atomic E-state index is 0.0209. The fraction of sp³-hybridized carbons (Fsp3) is 0.250. The molecule has 3 aromatic heterocycles. The molecule has 3 rings (SSSR count). The molecule has 3 heterocycles. The first kappa shape index (κ1) is 16.0. The summed E-state index contributed by atoms with van der Waals surface area (Å²) in [5.41, 5.74) is 1.01. The highest BCUT2D eigenvalue weighted by atomic mass is 32.2. The number of aryl methyl sites for hydroxylation is 1. The van der Waals surface area contributed by atoms with E-state index >= 15 is 0 Å². The number of carbonyl (C=O) groups is 1. The van der Waals surface area contributed by atoms with E-state index < -0.39 is 21.1 Å². The SMILES string of the molecule is CCOC(=O)c1cnn(C)c1-c1ccn2nc(S(N)(=O)=O)nc2n1. The average Bonchev–Trinajstić information content (AvgIpc) is 3.09. The standard InChI is InChI=1S/C12H13N7O4S/c1-3-23-10(20)7-6-14-18(2)9(7)8-4-5-19-11(15-8)16-12(17-19)24(13,21)22/h4-6H,3H2,1-2H3,(H2,13,21,22). The van der Waals surface area contributed by atoms with Crippen LogP contribution < -0.4 is 5.14 Å². The van der Waals surface area contributed by atoms with E-state index in [-0.39, 0.29) is 17.9 Å². The predicted molar refractivity (Wildman–Crippen MR) is 80.3 cm³/mol. The van der Waals surface area contributed by atoms with Crippen LogP contribution in [0.5, 0.6) is 0 Å². The van der Waals surface area contributed by atoms with Crippen LogP contribution in [-0.2, 0) is 21.8 Å². The summed E-state index contributed by atoms with van der Waals surface area (Å²) in [5.74, 6) is -0.513. The predicted octanol–water partition coefficient (Wildman–Crippen LogP) is -0.651. The van der Waals surface area contributed by atoms with E-state index in [4.69, 9.17) is 9.88 Å². The van der Waals surface area contributed by atoms with Gasteiger partial charge in [0, 0.05) is 13.2 Å². The molecule has 12 heteroatoms. The molecule has 0 aliphatic carbocycles. The van der Waals surface area contributed by atoms with Crippen molar-refractivity contribution >= 4 is 21.8 Å². The van der Waals surface area contributed by atoms with Crippen molar-refractivity contribution in [3.05, 3.63) is 24.0 Å². The molecule has 0 bridgehead atoms. The van der Waals surface area contributed by atoms with Gasteiger partial charge in [-0.2, -0.15) is 10.1 Å². The largest absolute Gasteiger partial charge is 0.462 e. The normalized spacial score (nSPS) is 11.8. The number of hydrogen-bond donors (Lipinski definition) is 1. The van der Waals surface area contributed by atoms with Crippen LogP contribution in [0.15, 0.2) is 23.6 Å². The molecule has 0 aromatic carbocycles. The highest BCUT2D eigenvalue weighted by Gasteiger charge is 2.21. The second-order valence-corrected chi connectivity index (χ2v) is 6.20. The van der Waals surface area contributed by atoms with E-state index in [1.165, 1.54) is 21.6 Å². The summed E-state index contributed by atoms with van der Waals surface area (Å²) >= 11 is 0. The molecule has 0 aliphatic heterocycles. The second kappa shape index (κ2) is 5.65. The molecule has 0 amide bonds. The molecule has 0 unspecified atom stereocenters. The molecule has 0 atom stereocenters. The number of hydrogen-bond acceptors (Lipinski definition) is 8. The zero-order chi connectivity index (χ0) is 17.5. The third-order valence-electron chi connectivity index (χ3n) is 3.12. The Balaban J connectivity index is 2.14. The minimum Gasteiger partial charge on any atom is -0.462 e. The fourth-order valence-electron chi connectivity index (χ4n) is 2.11. The van der Waals surface area contributed by atoms with Crippen LogP contribution in [0.2, 0.25) is 0 Å². The van der Waals surface area contributed by atoms with Gasteiger partial charge in [-0.25, -0.2) is 27.9 Å². The van der Waals surface area contributed by atoms with Crippen LogP contribution in [0, 0.1) is 0 Å². The molecule has 0 radical (unpaired) electrons. The molecule has 24 heavy (non-hydrogen) atoms. The number of ether oxygens (including phenoxy) is 1. The molecule has 126 valence electrons. The first-order valence-electron chi connectivity index (χ1n) is 6.77. The molecule has 3 aromatic rings. The van der Waals surface area contributed by atoms with Gasteiger partial charge in [0.2, 0.25) is 0 Å². The van der Waals surface area contributed by atoms with E-state index in [9.17, 15) is 13.2 Å². The van der Waals surface area contributed by atoms with Crippen molar-refractivity contribution in [1.82, 2.24) is 29.4 Å². The van der Waals surface area contributed by atoms with E-state index in [1.54, 1.807) is 20.0 Å². The lowest BCUT2D eigenvalue weighted by Crippen LogP contribution is -2.14. The third kappa shape index (κ3) is 2.72. The summed E-state index contributed by atoms with van der Waals surface area (Å²) in [4.78, 5) is 20.0. The van der Waals surface area contributed by atoms with Crippen molar-refractivity contribution in [3.8, 4) is 11.4 Å². The van der Waals surface area contributed by atoms with Gasteiger partial charge in [0.1, 0.15) is 11.3 Å². The average molecular weight is 351 g/mol. The number of nitrogens with zero attached hydrogens (tertiary/aromatic N) is 6. The van der Waals surface area contributed by atoms with Gasteiger partial charge in [-0.1, -0.05) is 0 Å². The van der Waals surface area contributed by atoms with Crippen LogP contribution >= 0.6 is 0 Å². The van der Waals surface area contributed by atoms with Gasteiger partial charge in [0.05, 0.1) is 18.5 Å². The van der Waals surface area contributed by atoms with Crippen molar-refractivity contribution in [3.63, 3.8) is 0 Å². The van der Waals surface area contributed by atoms with E-state index in [2.05, 4.69) is 20.2 Å². The zero-order valence-electron chi connectivity index (χ0n) is 12.7. The highest BCUT2D eigenvalue weighted by molar-refractivity contribution is 7.89. The molecule has 0 spiro atoms. The highest BCUT2D eigenvalue weighted by Crippen LogP contribution is 2.22. The lowest BCUT2D eigenvalue weighted by Gasteiger charge is -2.05. The van der Waals surface area contributed by atoms with E-state index in [0.717, 1.165) is 0 Å². The van der Waals surface area contributed by atoms with Crippen LogP contribution in [0.3, 0.4) is 0 Å². The summed E-state index contributed by atoms with van der Waals surface area (Å²) < 4.78 is 30.3. The first-order chi connectivity index (χ1) is 11.3. The molecular formula is C12H13N7O4S. The van der Waals surface area contributed by atoms with Crippen molar-refractivity contribution in [2.24, 2.45) is 12.2 Å². The Kier molecular flexibility index (Phi) is 3.77. The zero-order valence-corrected chi connectivity index (χ0v) is 13.6. The number of fused-ring (bicyclic) bond motifs is 1. The number of rotatable bonds is 4. The van der Waals surface area contributed by atoms with Crippen molar-refractivity contribution in [1.29, 1.82) is 0 Å². The number of esters is 1. The summed E-state index contributed by atoms with van der Waals surface area (Å²) in [6.07, 6.45) is 2.83. The summed E-state index contributed by atoms with van der Waals surface area (Å²) in [7, 11) is -2.40. The van der Waals surface area contributed by atoms with Gasteiger partial charge >= 0.3 is 5.97 Å². The summed E-state index contributed by atoms with van der Waals surface area (Å²) in [5, 5.41) is 12.2. The van der Waals surface area contributed by atoms with Crippen molar-refractivity contribution in [2.75, 3.05) is 6.61 Å². The molecule has 2 N–H and O–H groups in total. The Bertz CT molecular complexity index is 1040. The Hall–Kier alpha value is -2.86. The Morgan fingerprint density at radius 3 is 2.79 bits per heavy atom. The molecule has 0 aliphatic rings. The monoisotopic (exact) mass is 351 g/mol. The summed E-state index contributed by atoms with van der Waals surface area (Å²) in [6, 6.07) is 1.55. The second-order valence-electron chi connectivity index (χ2n) is 4.75. The van der Waals surface area contributed by atoms with Crippen molar-refractivity contribution in [2.45, 2.75) is 12.1 Å². The van der Waals surface area contributed by atoms with E-state index in [1.807, 2.05) is 0 Å². The van der Waals surface area contributed by atoms with Gasteiger partial charge in [-0.05, 0) is 13.0 Å². The fourth-order valence-corrected chi connectivity index (χ4v) is 2.52. The molecule has 0 saturated carbocycles. The molecule has 0 fully saturated rings. The maximum Gasteiger partial charge on any atom is 0.342 e. The maximum atomic E-state index is 12.0. The lowest BCUT2D eigenvalue weighted by molar-refractivity contribution is 0.0527. The Morgan fingerprint density at radius 1 is 1.38 bits per heavy atom. The topological polar surface area (TPSA) is 147 Å². The van der Waals surface area contributed by atoms with E-state index in [0.29, 0.717) is 11.4 Å². The smallest absolute Gasteiger partial charge is 0.342 e. The van der Waals surface area contributed by atoms with Gasteiger partial charge in [-0.3, -0.25) is 4.68 Å². The van der Waals surface area contributed by atoms with Gasteiger partial charge in [0.15, 0.2) is 0 Å². The van der Waals surface area contributed by atoms with Gasteiger partial charge in [0.25, 0.3) is 21.0 Å². The third-order valence-corrected chi connectivity index (χ3v) is 3.80. The number of primary sulfonamides is 1. The number of sulfonamides is 1. The quantitative estimate of drug-likeness (QED) is 0.610. The van der Waals surface area contributed by atoms with Crippen molar-refractivity contribution < 1.29 is 17.9 Å². The number of carbonyl (C=O) groups excluding carboxylic acids is 1. The molecular weight excluding hydrogens is 338 g/mol. The van der Waals surface area contributed by atoms with Crippen LogP contribution in [-0.4, -0.2) is 50.4 Å².